The Morgan fingerprint density at radius 1 is 1.38 bits per heavy atom. The summed E-state index contributed by atoms with van der Waals surface area (Å²) < 4.78 is 4.73. The highest BCUT2D eigenvalue weighted by molar-refractivity contribution is 5.76. The molecule has 0 rings (SSSR count). The molecule has 0 heterocycles. The molecule has 0 radical (unpaired) electrons. The molecule has 1 amide bonds. The highest BCUT2D eigenvalue weighted by atomic mass is 16.5. The summed E-state index contributed by atoms with van der Waals surface area (Å²) in [7, 11) is 0. The normalized spacial score (nSPS) is 11.9. The SMILES string of the molecule is CCOC(=O)CCNC(=O)CCCC(C)N. The molecule has 5 heteroatoms. The van der Waals surface area contributed by atoms with Gasteiger partial charge in [-0.3, -0.25) is 9.59 Å². The molecule has 0 aliphatic carbocycles. The average molecular weight is 230 g/mol. The monoisotopic (exact) mass is 230 g/mol. The fraction of sp³-hybridized carbons (Fsp3) is 0.818. The van der Waals surface area contributed by atoms with Crippen LogP contribution < -0.4 is 11.1 Å². The first-order chi connectivity index (χ1) is 7.56. The second-order valence-electron chi connectivity index (χ2n) is 3.77. The molecule has 0 saturated carbocycles. The first-order valence-corrected chi connectivity index (χ1v) is 5.74. The van der Waals surface area contributed by atoms with Gasteiger partial charge in [-0.25, -0.2) is 0 Å². The maximum absolute atomic E-state index is 11.3. The van der Waals surface area contributed by atoms with Gasteiger partial charge in [-0.2, -0.15) is 0 Å². The van der Waals surface area contributed by atoms with Crippen molar-refractivity contribution in [1.82, 2.24) is 5.32 Å². The molecule has 0 aromatic heterocycles. The summed E-state index contributed by atoms with van der Waals surface area (Å²) in [6.45, 7) is 4.39. The van der Waals surface area contributed by atoms with Crippen LogP contribution in [0.25, 0.3) is 0 Å². The third-order valence-electron chi connectivity index (χ3n) is 2.02. The van der Waals surface area contributed by atoms with Gasteiger partial charge in [0, 0.05) is 19.0 Å². The summed E-state index contributed by atoms with van der Waals surface area (Å²) in [5.41, 5.74) is 5.56. The summed E-state index contributed by atoms with van der Waals surface area (Å²) in [6.07, 6.45) is 2.31. The molecule has 0 aliphatic rings. The number of carbonyl (C=O) groups is 2. The van der Waals surface area contributed by atoms with Crippen LogP contribution in [-0.4, -0.2) is 31.1 Å². The zero-order chi connectivity index (χ0) is 12.4. The molecule has 0 bridgehead atoms. The third-order valence-corrected chi connectivity index (χ3v) is 2.02. The van der Waals surface area contributed by atoms with Gasteiger partial charge >= 0.3 is 5.97 Å². The number of rotatable bonds is 8. The van der Waals surface area contributed by atoms with Crippen LogP contribution in [0.2, 0.25) is 0 Å². The van der Waals surface area contributed by atoms with Crippen LogP contribution >= 0.6 is 0 Å². The van der Waals surface area contributed by atoms with E-state index in [0.717, 1.165) is 12.8 Å². The van der Waals surface area contributed by atoms with Gasteiger partial charge in [0.25, 0.3) is 0 Å². The molecule has 5 nitrogen and oxygen atoms in total. The van der Waals surface area contributed by atoms with E-state index in [1.54, 1.807) is 6.92 Å². The highest BCUT2D eigenvalue weighted by Crippen LogP contribution is 1.98. The van der Waals surface area contributed by atoms with Crippen molar-refractivity contribution in [3.8, 4) is 0 Å². The van der Waals surface area contributed by atoms with E-state index in [-0.39, 0.29) is 24.3 Å². The van der Waals surface area contributed by atoms with Gasteiger partial charge in [-0.05, 0) is 26.7 Å². The number of carbonyl (C=O) groups excluding carboxylic acids is 2. The summed E-state index contributed by atoms with van der Waals surface area (Å²) in [5.74, 6) is -0.316. The minimum Gasteiger partial charge on any atom is -0.466 e. The van der Waals surface area contributed by atoms with Crippen LogP contribution in [0, 0.1) is 0 Å². The molecule has 1 unspecified atom stereocenters. The Labute approximate surface area is 96.7 Å². The molecule has 0 aromatic carbocycles. The van der Waals surface area contributed by atoms with E-state index in [2.05, 4.69) is 5.32 Å². The molecule has 0 aromatic rings. The summed E-state index contributed by atoms with van der Waals surface area (Å²) in [6, 6.07) is 0.132. The van der Waals surface area contributed by atoms with Crippen LogP contribution in [0.4, 0.5) is 0 Å². The molecular weight excluding hydrogens is 208 g/mol. The number of ether oxygens (including phenoxy) is 1. The molecular formula is C11H22N2O3. The molecule has 0 fully saturated rings. The number of nitrogens with two attached hydrogens (primary N) is 1. The maximum atomic E-state index is 11.3. The van der Waals surface area contributed by atoms with Gasteiger partial charge in [-0.15, -0.1) is 0 Å². The smallest absolute Gasteiger partial charge is 0.307 e. The number of nitrogens with one attached hydrogen (secondary N) is 1. The quantitative estimate of drug-likeness (QED) is 0.597. The lowest BCUT2D eigenvalue weighted by molar-refractivity contribution is -0.143. The van der Waals surface area contributed by atoms with Crippen LogP contribution in [-0.2, 0) is 14.3 Å². The Kier molecular flexibility index (Phi) is 8.52. The van der Waals surface area contributed by atoms with Crippen molar-refractivity contribution in [2.45, 2.75) is 45.6 Å². The lowest BCUT2D eigenvalue weighted by Gasteiger charge is -2.06. The molecule has 94 valence electrons. The average Bonchev–Trinajstić information content (AvgIpc) is 2.17. The standard InChI is InChI=1S/C11H22N2O3/c1-3-16-11(15)7-8-13-10(14)6-4-5-9(2)12/h9H,3-8,12H2,1-2H3,(H,13,14). The van der Waals surface area contributed by atoms with E-state index < -0.39 is 0 Å². The predicted octanol–water partition coefficient (Wildman–Crippen LogP) is 0.573. The third kappa shape index (κ3) is 9.45. The van der Waals surface area contributed by atoms with Crippen LogP contribution in [0.5, 0.6) is 0 Å². The second-order valence-corrected chi connectivity index (χ2v) is 3.77. The van der Waals surface area contributed by atoms with E-state index in [4.69, 9.17) is 10.5 Å². The van der Waals surface area contributed by atoms with Crippen molar-refractivity contribution in [1.29, 1.82) is 0 Å². The van der Waals surface area contributed by atoms with E-state index in [1.807, 2.05) is 6.92 Å². The zero-order valence-electron chi connectivity index (χ0n) is 10.1. The first kappa shape index (κ1) is 14.9. The summed E-state index contributed by atoms with van der Waals surface area (Å²) in [4.78, 5) is 22.2. The van der Waals surface area contributed by atoms with Crippen LogP contribution in [0.3, 0.4) is 0 Å². The second kappa shape index (κ2) is 9.15. The Morgan fingerprint density at radius 2 is 2.06 bits per heavy atom. The molecule has 16 heavy (non-hydrogen) atoms. The Balaban J connectivity index is 3.40. The summed E-state index contributed by atoms with van der Waals surface area (Å²) in [5, 5.41) is 2.67. The van der Waals surface area contributed by atoms with Crippen molar-refractivity contribution in [3.05, 3.63) is 0 Å². The van der Waals surface area contributed by atoms with Crippen molar-refractivity contribution in [3.63, 3.8) is 0 Å². The van der Waals surface area contributed by atoms with Gasteiger partial charge in [0.2, 0.25) is 5.91 Å². The van der Waals surface area contributed by atoms with Crippen molar-refractivity contribution >= 4 is 11.9 Å². The maximum Gasteiger partial charge on any atom is 0.307 e. The minimum atomic E-state index is -0.279. The lowest BCUT2D eigenvalue weighted by atomic mass is 10.1. The predicted molar refractivity (Wildman–Crippen MR) is 61.8 cm³/mol. The molecule has 1 atom stereocenters. The fourth-order valence-electron chi connectivity index (χ4n) is 1.21. The molecule has 0 aliphatic heterocycles. The Bertz CT molecular complexity index is 217. The van der Waals surface area contributed by atoms with Gasteiger partial charge in [-0.1, -0.05) is 0 Å². The Morgan fingerprint density at radius 3 is 2.62 bits per heavy atom. The van der Waals surface area contributed by atoms with Gasteiger partial charge < -0.3 is 15.8 Å². The zero-order valence-corrected chi connectivity index (χ0v) is 10.1. The number of hydrogen-bond donors (Lipinski definition) is 2. The van der Waals surface area contributed by atoms with Gasteiger partial charge in [0.05, 0.1) is 13.0 Å². The Hall–Kier alpha value is -1.10. The fourth-order valence-corrected chi connectivity index (χ4v) is 1.21. The lowest BCUT2D eigenvalue weighted by Crippen LogP contribution is -2.26. The summed E-state index contributed by atoms with van der Waals surface area (Å²) >= 11 is 0. The van der Waals surface area contributed by atoms with Crippen molar-refractivity contribution in [2.75, 3.05) is 13.2 Å². The molecule has 0 saturated heterocycles. The van der Waals surface area contributed by atoms with Crippen LogP contribution in [0.15, 0.2) is 0 Å². The molecule has 0 spiro atoms. The first-order valence-electron chi connectivity index (χ1n) is 5.74. The minimum absolute atomic E-state index is 0.0371. The number of amides is 1. The van der Waals surface area contributed by atoms with E-state index in [9.17, 15) is 9.59 Å². The van der Waals surface area contributed by atoms with E-state index in [0.29, 0.717) is 19.6 Å². The van der Waals surface area contributed by atoms with Gasteiger partial charge in [0.1, 0.15) is 0 Å². The van der Waals surface area contributed by atoms with Crippen LogP contribution in [0.1, 0.15) is 39.5 Å². The number of esters is 1. The molecule has 3 N–H and O–H groups in total. The highest BCUT2D eigenvalue weighted by Gasteiger charge is 2.04. The van der Waals surface area contributed by atoms with Crippen molar-refractivity contribution in [2.24, 2.45) is 5.73 Å². The van der Waals surface area contributed by atoms with Gasteiger partial charge in [0.15, 0.2) is 0 Å². The topological polar surface area (TPSA) is 81.4 Å². The largest absolute Gasteiger partial charge is 0.466 e. The number of hydrogen-bond acceptors (Lipinski definition) is 4. The van der Waals surface area contributed by atoms with E-state index >= 15 is 0 Å². The van der Waals surface area contributed by atoms with E-state index in [1.165, 1.54) is 0 Å². The van der Waals surface area contributed by atoms with Crippen molar-refractivity contribution < 1.29 is 14.3 Å².